The molecule has 5 nitrogen and oxygen atoms in total. The van der Waals surface area contributed by atoms with Gasteiger partial charge < -0.3 is 0 Å². The molecule has 0 spiro atoms. The first-order valence-corrected chi connectivity index (χ1v) is 5.98. The number of nitrogens with two attached hydrogens (primary N) is 1. The fourth-order valence-corrected chi connectivity index (χ4v) is 2.10. The first kappa shape index (κ1) is 12.4. The maximum Gasteiger partial charge on any atom is 0.219 e. The lowest BCUT2D eigenvalue weighted by molar-refractivity contribution is 0.236. The highest BCUT2D eigenvalue weighted by Crippen LogP contribution is 2.16. The van der Waals surface area contributed by atoms with Crippen molar-refractivity contribution in [2.24, 2.45) is 5.84 Å². The second-order valence-corrected chi connectivity index (χ2v) is 4.76. The van der Waals surface area contributed by atoms with Crippen LogP contribution in [0.5, 0.6) is 0 Å². The van der Waals surface area contributed by atoms with Gasteiger partial charge in [0.15, 0.2) is 0 Å². The number of anilines is 1. The predicted octanol–water partition coefficient (Wildman–Crippen LogP) is 1.44. The van der Waals surface area contributed by atoms with Crippen LogP contribution in [0.25, 0.3) is 0 Å². The van der Waals surface area contributed by atoms with Gasteiger partial charge in [-0.15, -0.1) is 10.2 Å². The second-order valence-electron chi connectivity index (χ2n) is 3.70. The third-order valence-electron chi connectivity index (χ3n) is 2.43. The lowest BCUT2D eigenvalue weighted by atomic mass is 10.2. The molecule has 0 aliphatic rings. The Hall–Kier alpha value is -0.720. The molecule has 6 heteroatoms. The number of hydrogen-bond donors (Lipinski definition) is 2. The van der Waals surface area contributed by atoms with Crippen LogP contribution in [0.3, 0.4) is 0 Å². The molecule has 1 heterocycles. The van der Waals surface area contributed by atoms with Crippen molar-refractivity contribution in [1.29, 1.82) is 0 Å². The maximum atomic E-state index is 5.25. The van der Waals surface area contributed by atoms with Crippen LogP contribution in [0, 0.1) is 0 Å². The summed E-state index contributed by atoms with van der Waals surface area (Å²) in [5.41, 5.74) is 2.50. The normalized spacial score (nSPS) is 13.1. The number of nitrogen functional groups attached to an aromatic ring is 1. The Morgan fingerprint density at radius 1 is 1.53 bits per heavy atom. The molecule has 0 aliphatic carbocycles. The molecule has 0 aromatic carbocycles. The number of hydrogen-bond acceptors (Lipinski definition) is 6. The molecular formula is C9H19N5S. The van der Waals surface area contributed by atoms with Crippen molar-refractivity contribution in [2.75, 3.05) is 12.5 Å². The van der Waals surface area contributed by atoms with Gasteiger partial charge >= 0.3 is 0 Å². The zero-order chi connectivity index (χ0) is 11.3. The summed E-state index contributed by atoms with van der Waals surface area (Å²) in [6, 6.07) is 0.577. The molecule has 1 unspecified atom stereocenters. The number of rotatable bonds is 6. The Morgan fingerprint density at radius 3 is 2.80 bits per heavy atom. The molecule has 0 bridgehead atoms. The predicted molar refractivity (Wildman–Crippen MR) is 63.6 cm³/mol. The zero-order valence-electron chi connectivity index (χ0n) is 9.53. The fraction of sp³-hybridized carbons (Fsp3) is 0.778. The maximum absolute atomic E-state index is 5.25. The van der Waals surface area contributed by atoms with E-state index in [1.807, 2.05) is 0 Å². The first-order chi connectivity index (χ1) is 7.17. The van der Waals surface area contributed by atoms with E-state index in [1.165, 1.54) is 24.2 Å². The summed E-state index contributed by atoms with van der Waals surface area (Å²) in [6.07, 6.45) is 2.41. The van der Waals surface area contributed by atoms with Crippen LogP contribution >= 0.6 is 11.3 Å². The van der Waals surface area contributed by atoms with E-state index in [4.69, 9.17) is 5.84 Å². The van der Waals surface area contributed by atoms with E-state index >= 15 is 0 Å². The van der Waals surface area contributed by atoms with Crippen molar-refractivity contribution in [3.05, 3.63) is 5.01 Å². The standard InChI is InChI=1S/C9H19N5S/c1-4-5-7(2)14(3)6-8-12-13-9(11-10)15-8/h7H,4-6,10H2,1-3H3,(H,11,13). The molecule has 0 radical (unpaired) electrons. The van der Waals surface area contributed by atoms with Gasteiger partial charge in [-0.25, -0.2) is 5.84 Å². The molecule has 1 rings (SSSR count). The highest BCUT2D eigenvalue weighted by Gasteiger charge is 2.11. The molecule has 0 fully saturated rings. The van der Waals surface area contributed by atoms with Gasteiger partial charge in [0.25, 0.3) is 0 Å². The fourth-order valence-electron chi connectivity index (χ4n) is 1.38. The van der Waals surface area contributed by atoms with Crippen LogP contribution in [0.1, 0.15) is 31.7 Å². The van der Waals surface area contributed by atoms with Crippen molar-refractivity contribution < 1.29 is 0 Å². The summed E-state index contributed by atoms with van der Waals surface area (Å²) in [5, 5.41) is 9.61. The van der Waals surface area contributed by atoms with Crippen molar-refractivity contribution >= 4 is 16.5 Å². The summed E-state index contributed by atoms with van der Waals surface area (Å²) >= 11 is 1.50. The van der Waals surface area contributed by atoms with Crippen LogP contribution in [-0.2, 0) is 6.54 Å². The minimum Gasteiger partial charge on any atom is -0.298 e. The molecule has 0 saturated heterocycles. The Morgan fingerprint density at radius 2 is 2.27 bits per heavy atom. The Labute approximate surface area is 94.7 Å². The Balaban J connectivity index is 2.46. The second kappa shape index (κ2) is 5.99. The van der Waals surface area contributed by atoms with Gasteiger partial charge in [0.05, 0.1) is 6.54 Å². The molecule has 1 aromatic heterocycles. The molecule has 0 saturated carbocycles. The quantitative estimate of drug-likeness (QED) is 0.571. The van der Waals surface area contributed by atoms with E-state index < -0.39 is 0 Å². The highest BCUT2D eigenvalue weighted by atomic mass is 32.1. The van der Waals surface area contributed by atoms with Gasteiger partial charge in [-0.3, -0.25) is 10.3 Å². The van der Waals surface area contributed by atoms with E-state index in [9.17, 15) is 0 Å². The zero-order valence-corrected chi connectivity index (χ0v) is 10.3. The van der Waals surface area contributed by atoms with Gasteiger partial charge in [0.1, 0.15) is 5.01 Å². The molecule has 1 aromatic rings. The summed E-state index contributed by atoms with van der Waals surface area (Å²) in [7, 11) is 2.11. The molecule has 0 aliphatic heterocycles. The van der Waals surface area contributed by atoms with Crippen LogP contribution < -0.4 is 11.3 Å². The van der Waals surface area contributed by atoms with Crippen LogP contribution in [0.15, 0.2) is 0 Å². The Bertz CT molecular complexity index is 288. The van der Waals surface area contributed by atoms with E-state index in [1.54, 1.807) is 0 Å². The third kappa shape index (κ3) is 3.73. The number of nitrogens with one attached hydrogen (secondary N) is 1. The molecular weight excluding hydrogens is 210 g/mol. The number of hydrazine groups is 1. The van der Waals surface area contributed by atoms with E-state index in [-0.39, 0.29) is 0 Å². The van der Waals surface area contributed by atoms with Gasteiger partial charge in [-0.2, -0.15) is 0 Å². The first-order valence-electron chi connectivity index (χ1n) is 5.16. The van der Waals surface area contributed by atoms with Crippen LogP contribution in [0.4, 0.5) is 5.13 Å². The average molecular weight is 229 g/mol. The van der Waals surface area contributed by atoms with E-state index in [2.05, 4.69) is 41.4 Å². The molecule has 0 amide bonds. The molecule has 86 valence electrons. The van der Waals surface area contributed by atoms with Gasteiger partial charge in [0, 0.05) is 6.04 Å². The number of aromatic nitrogens is 2. The van der Waals surface area contributed by atoms with Crippen molar-refractivity contribution in [3.63, 3.8) is 0 Å². The van der Waals surface area contributed by atoms with Crippen molar-refractivity contribution in [1.82, 2.24) is 15.1 Å². The van der Waals surface area contributed by atoms with E-state index in [0.717, 1.165) is 11.6 Å². The summed E-state index contributed by atoms with van der Waals surface area (Å²) in [5.74, 6) is 5.25. The SMILES string of the molecule is CCCC(C)N(C)Cc1nnc(NN)s1. The lowest BCUT2D eigenvalue weighted by Gasteiger charge is -2.22. The largest absolute Gasteiger partial charge is 0.298 e. The van der Waals surface area contributed by atoms with Gasteiger partial charge in [-0.1, -0.05) is 24.7 Å². The highest BCUT2D eigenvalue weighted by molar-refractivity contribution is 7.15. The molecule has 3 N–H and O–H groups in total. The summed E-state index contributed by atoms with van der Waals surface area (Å²) in [6.45, 7) is 5.26. The Kier molecular flexibility index (Phi) is 4.93. The number of nitrogens with zero attached hydrogens (tertiary/aromatic N) is 3. The summed E-state index contributed by atoms with van der Waals surface area (Å²) < 4.78 is 0. The lowest BCUT2D eigenvalue weighted by Crippen LogP contribution is -2.28. The average Bonchev–Trinajstić information content (AvgIpc) is 2.66. The summed E-state index contributed by atoms with van der Waals surface area (Å²) in [4.78, 5) is 2.28. The topological polar surface area (TPSA) is 67.1 Å². The van der Waals surface area contributed by atoms with E-state index in [0.29, 0.717) is 11.2 Å². The van der Waals surface area contributed by atoms with Crippen LogP contribution in [-0.4, -0.2) is 28.2 Å². The van der Waals surface area contributed by atoms with Crippen LogP contribution in [0.2, 0.25) is 0 Å². The minimum absolute atomic E-state index is 0.577. The third-order valence-corrected chi connectivity index (χ3v) is 3.27. The minimum atomic E-state index is 0.577. The monoisotopic (exact) mass is 229 g/mol. The smallest absolute Gasteiger partial charge is 0.219 e. The molecule has 1 atom stereocenters. The van der Waals surface area contributed by atoms with Crippen molar-refractivity contribution in [3.8, 4) is 0 Å². The van der Waals surface area contributed by atoms with Gasteiger partial charge in [0.2, 0.25) is 5.13 Å². The van der Waals surface area contributed by atoms with Gasteiger partial charge in [-0.05, 0) is 20.4 Å². The molecule has 15 heavy (non-hydrogen) atoms. The van der Waals surface area contributed by atoms with Crippen molar-refractivity contribution in [2.45, 2.75) is 39.3 Å².